The first-order chi connectivity index (χ1) is 11.3. The van der Waals surface area contributed by atoms with Crippen LogP contribution in [-0.2, 0) is 4.79 Å². The highest BCUT2D eigenvalue weighted by atomic mass is 16.4. The molecule has 0 N–H and O–H groups in total. The van der Waals surface area contributed by atoms with Crippen molar-refractivity contribution in [1.29, 1.82) is 0 Å². The van der Waals surface area contributed by atoms with E-state index in [9.17, 15) is 4.79 Å². The van der Waals surface area contributed by atoms with Crippen molar-refractivity contribution in [2.75, 3.05) is 31.1 Å². The number of piperazine rings is 1. The van der Waals surface area contributed by atoms with Crippen LogP contribution in [0.5, 0.6) is 0 Å². The molecule has 1 saturated heterocycles. The minimum absolute atomic E-state index is 0.316. The van der Waals surface area contributed by atoms with Gasteiger partial charge in [-0.25, -0.2) is 4.98 Å². The average molecular weight is 314 g/mol. The summed E-state index contributed by atoms with van der Waals surface area (Å²) in [6, 6.07) is 4.33. The van der Waals surface area contributed by atoms with Crippen LogP contribution >= 0.6 is 0 Å². The van der Waals surface area contributed by atoms with Gasteiger partial charge in [0, 0.05) is 38.8 Å². The van der Waals surface area contributed by atoms with Crippen molar-refractivity contribution in [2.24, 2.45) is 5.92 Å². The number of amides is 1. The van der Waals surface area contributed by atoms with Crippen LogP contribution in [0.15, 0.2) is 22.7 Å². The van der Waals surface area contributed by atoms with Crippen molar-refractivity contribution < 1.29 is 9.21 Å². The Morgan fingerprint density at radius 3 is 2.74 bits per heavy atom. The molecule has 122 valence electrons. The van der Waals surface area contributed by atoms with Gasteiger partial charge in [0.05, 0.1) is 0 Å². The Morgan fingerprint density at radius 1 is 1.22 bits per heavy atom. The summed E-state index contributed by atoms with van der Waals surface area (Å²) in [6.45, 7) is 3.03. The normalized spacial score (nSPS) is 19.7. The maximum atomic E-state index is 12.4. The number of hydrogen-bond donors (Lipinski definition) is 0. The van der Waals surface area contributed by atoms with Gasteiger partial charge in [0.2, 0.25) is 11.6 Å². The van der Waals surface area contributed by atoms with Gasteiger partial charge in [-0.15, -0.1) is 0 Å². The SMILES string of the molecule is O=C(CC1CCCC1)N1CCN(c2nc3ncccc3o2)CC1. The lowest BCUT2D eigenvalue weighted by molar-refractivity contribution is -0.132. The molecule has 1 saturated carbocycles. The molecular formula is C17H22N4O2. The van der Waals surface area contributed by atoms with Gasteiger partial charge in [-0.2, -0.15) is 4.98 Å². The van der Waals surface area contributed by atoms with Gasteiger partial charge >= 0.3 is 0 Å². The topological polar surface area (TPSA) is 62.5 Å². The van der Waals surface area contributed by atoms with Crippen molar-refractivity contribution in [2.45, 2.75) is 32.1 Å². The third-order valence-corrected chi connectivity index (χ3v) is 4.99. The number of carbonyl (C=O) groups is 1. The first-order valence-electron chi connectivity index (χ1n) is 8.54. The number of oxazole rings is 1. The number of pyridine rings is 1. The Labute approximate surface area is 135 Å². The lowest BCUT2D eigenvalue weighted by atomic mass is 10.0. The molecule has 2 aromatic heterocycles. The number of aromatic nitrogens is 2. The van der Waals surface area contributed by atoms with E-state index in [2.05, 4.69) is 14.9 Å². The zero-order valence-electron chi connectivity index (χ0n) is 13.3. The van der Waals surface area contributed by atoms with Crippen LogP contribution in [0.1, 0.15) is 32.1 Å². The van der Waals surface area contributed by atoms with Gasteiger partial charge in [-0.1, -0.05) is 12.8 Å². The molecule has 1 amide bonds. The summed E-state index contributed by atoms with van der Waals surface area (Å²) in [5, 5.41) is 0. The van der Waals surface area contributed by atoms with Gasteiger partial charge in [0.1, 0.15) is 0 Å². The zero-order chi connectivity index (χ0) is 15.6. The lowest BCUT2D eigenvalue weighted by Crippen LogP contribution is -2.49. The van der Waals surface area contributed by atoms with E-state index in [0.29, 0.717) is 29.1 Å². The van der Waals surface area contributed by atoms with Crippen LogP contribution in [-0.4, -0.2) is 47.0 Å². The van der Waals surface area contributed by atoms with Crippen molar-refractivity contribution in [3.8, 4) is 0 Å². The number of nitrogens with zero attached hydrogens (tertiary/aromatic N) is 4. The fourth-order valence-electron chi connectivity index (χ4n) is 3.63. The monoisotopic (exact) mass is 314 g/mol. The van der Waals surface area contributed by atoms with Crippen molar-refractivity contribution >= 4 is 23.2 Å². The van der Waals surface area contributed by atoms with Crippen LogP contribution in [0.4, 0.5) is 6.01 Å². The Hall–Kier alpha value is -2.11. The Kier molecular flexibility index (Phi) is 3.89. The van der Waals surface area contributed by atoms with E-state index in [1.165, 1.54) is 25.7 Å². The van der Waals surface area contributed by atoms with Crippen LogP contribution in [0, 0.1) is 5.92 Å². The van der Waals surface area contributed by atoms with Crippen molar-refractivity contribution in [3.63, 3.8) is 0 Å². The second-order valence-electron chi connectivity index (χ2n) is 6.54. The summed E-state index contributed by atoms with van der Waals surface area (Å²) in [5.41, 5.74) is 1.35. The highest BCUT2D eigenvalue weighted by Crippen LogP contribution is 2.28. The first kappa shape index (κ1) is 14.5. The molecule has 2 aliphatic rings. The fraction of sp³-hybridized carbons (Fsp3) is 0.588. The molecule has 1 aliphatic carbocycles. The van der Waals surface area contributed by atoms with Gasteiger partial charge in [-0.3, -0.25) is 4.79 Å². The molecule has 1 aliphatic heterocycles. The first-order valence-corrected chi connectivity index (χ1v) is 8.54. The van der Waals surface area contributed by atoms with Crippen LogP contribution in [0.2, 0.25) is 0 Å². The third-order valence-electron chi connectivity index (χ3n) is 4.99. The largest absolute Gasteiger partial charge is 0.422 e. The summed E-state index contributed by atoms with van der Waals surface area (Å²) < 4.78 is 5.76. The number of anilines is 1. The minimum atomic E-state index is 0.316. The molecule has 0 spiro atoms. The third kappa shape index (κ3) is 3.02. The number of carbonyl (C=O) groups excluding carboxylic acids is 1. The van der Waals surface area contributed by atoms with E-state index >= 15 is 0 Å². The Bertz CT molecular complexity index is 652. The van der Waals surface area contributed by atoms with E-state index in [4.69, 9.17) is 4.42 Å². The molecule has 0 atom stereocenters. The molecule has 2 fully saturated rings. The van der Waals surface area contributed by atoms with Gasteiger partial charge < -0.3 is 14.2 Å². The van der Waals surface area contributed by atoms with Crippen molar-refractivity contribution in [3.05, 3.63) is 18.3 Å². The Morgan fingerprint density at radius 2 is 2.00 bits per heavy atom. The molecule has 4 rings (SSSR count). The van der Waals surface area contributed by atoms with Gasteiger partial charge in [-0.05, 0) is 30.9 Å². The molecule has 3 heterocycles. The molecule has 0 radical (unpaired) electrons. The van der Waals surface area contributed by atoms with Gasteiger partial charge in [0.25, 0.3) is 6.01 Å². The van der Waals surface area contributed by atoms with Gasteiger partial charge in [0.15, 0.2) is 5.58 Å². The average Bonchev–Trinajstić information content (AvgIpc) is 3.24. The summed E-state index contributed by atoms with van der Waals surface area (Å²) in [5.74, 6) is 0.930. The molecule has 0 bridgehead atoms. The second-order valence-corrected chi connectivity index (χ2v) is 6.54. The Balaban J connectivity index is 1.35. The second kappa shape index (κ2) is 6.18. The molecule has 23 heavy (non-hydrogen) atoms. The quantitative estimate of drug-likeness (QED) is 0.871. The molecule has 2 aromatic rings. The number of hydrogen-bond acceptors (Lipinski definition) is 5. The summed E-state index contributed by atoms with van der Waals surface area (Å²) >= 11 is 0. The zero-order valence-corrected chi connectivity index (χ0v) is 13.3. The smallest absolute Gasteiger partial charge is 0.300 e. The van der Waals surface area contributed by atoms with Crippen LogP contribution < -0.4 is 4.90 Å². The summed E-state index contributed by atoms with van der Waals surface area (Å²) in [6.07, 6.45) is 7.47. The predicted molar refractivity (Wildman–Crippen MR) is 87.2 cm³/mol. The maximum Gasteiger partial charge on any atom is 0.300 e. The van der Waals surface area contributed by atoms with E-state index < -0.39 is 0 Å². The molecule has 6 heteroatoms. The molecule has 0 aromatic carbocycles. The summed E-state index contributed by atoms with van der Waals surface area (Å²) in [4.78, 5) is 25.1. The number of fused-ring (bicyclic) bond motifs is 1. The molecule has 6 nitrogen and oxygen atoms in total. The maximum absolute atomic E-state index is 12.4. The standard InChI is InChI=1S/C17H22N4O2/c22-15(12-13-4-1-2-5-13)20-8-10-21(11-9-20)17-19-16-14(23-17)6-3-7-18-16/h3,6-7,13H,1-2,4-5,8-12H2. The lowest BCUT2D eigenvalue weighted by Gasteiger charge is -2.34. The van der Waals surface area contributed by atoms with Crippen LogP contribution in [0.3, 0.4) is 0 Å². The van der Waals surface area contributed by atoms with E-state index in [1.54, 1.807) is 6.20 Å². The highest BCUT2D eigenvalue weighted by molar-refractivity contribution is 5.77. The predicted octanol–water partition coefficient (Wildman–Crippen LogP) is 2.45. The van der Waals surface area contributed by atoms with Crippen molar-refractivity contribution in [1.82, 2.24) is 14.9 Å². The van der Waals surface area contributed by atoms with E-state index in [1.807, 2.05) is 17.0 Å². The highest BCUT2D eigenvalue weighted by Gasteiger charge is 2.26. The minimum Gasteiger partial charge on any atom is -0.422 e. The van der Waals surface area contributed by atoms with E-state index in [0.717, 1.165) is 32.6 Å². The molecule has 0 unspecified atom stereocenters. The summed E-state index contributed by atoms with van der Waals surface area (Å²) in [7, 11) is 0. The fourth-order valence-corrected chi connectivity index (χ4v) is 3.63. The molecular weight excluding hydrogens is 292 g/mol. The van der Waals surface area contributed by atoms with Crippen LogP contribution in [0.25, 0.3) is 11.2 Å². The number of rotatable bonds is 3. The van der Waals surface area contributed by atoms with E-state index in [-0.39, 0.29) is 0 Å².